The van der Waals surface area contributed by atoms with Crippen LogP contribution in [0, 0.1) is 5.92 Å². The standard InChI is InChI=1S/C13H18Cl2O2/c1-2-16-12-5-3-4-6-13(12)17-8-7-11(9-14)10-15/h3-6,11H,2,7-10H2,1H3. The van der Waals surface area contributed by atoms with Crippen LogP contribution >= 0.6 is 23.2 Å². The van der Waals surface area contributed by atoms with E-state index in [0.29, 0.717) is 30.9 Å². The molecule has 1 aromatic carbocycles. The summed E-state index contributed by atoms with van der Waals surface area (Å²) in [5.41, 5.74) is 0. The molecule has 1 rings (SSSR count). The third kappa shape index (κ3) is 5.05. The fourth-order valence-corrected chi connectivity index (χ4v) is 2.01. The third-order valence-corrected chi connectivity index (χ3v) is 3.24. The SMILES string of the molecule is CCOc1ccccc1OCCC(CCl)CCl. The Hall–Kier alpha value is -0.600. The normalized spacial score (nSPS) is 10.6. The average molecular weight is 277 g/mol. The Bertz CT molecular complexity index is 314. The highest BCUT2D eigenvalue weighted by atomic mass is 35.5. The van der Waals surface area contributed by atoms with E-state index in [-0.39, 0.29) is 0 Å². The molecule has 0 aliphatic rings. The number of hydrogen-bond acceptors (Lipinski definition) is 2. The van der Waals surface area contributed by atoms with E-state index in [0.717, 1.165) is 17.9 Å². The first kappa shape index (κ1) is 14.5. The summed E-state index contributed by atoms with van der Waals surface area (Å²) in [4.78, 5) is 0. The van der Waals surface area contributed by atoms with Crippen LogP contribution in [0.5, 0.6) is 11.5 Å². The van der Waals surface area contributed by atoms with Crippen molar-refractivity contribution in [3.05, 3.63) is 24.3 Å². The summed E-state index contributed by atoms with van der Waals surface area (Å²) in [6.07, 6.45) is 0.855. The van der Waals surface area contributed by atoms with Gasteiger partial charge >= 0.3 is 0 Å². The highest BCUT2D eigenvalue weighted by molar-refractivity contribution is 6.20. The molecule has 0 aliphatic heterocycles. The maximum atomic E-state index is 5.77. The Kier molecular flexibility index (Phi) is 7.22. The van der Waals surface area contributed by atoms with Gasteiger partial charge in [0.2, 0.25) is 0 Å². The van der Waals surface area contributed by atoms with Crippen LogP contribution in [0.4, 0.5) is 0 Å². The quantitative estimate of drug-likeness (QED) is 0.670. The zero-order valence-corrected chi connectivity index (χ0v) is 11.5. The van der Waals surface area contributed by atoms with E-state index in [1.165, 1.54) is 0 Å². The van der Waals surface area contributed by atoms with Gasteiger partial charge in [0, 0.05) is 11.8 Å². The first-order chi connectivity index (χ1) is 8.31. The maximum Gasteiger partial charge on any atom is 0.161 e. The minimum Gasteiger partial charge on any atom is -0.490 e. The van der Waals surface area contributed by atoms with Gasteiger partial charge in [0.25, 0.3) is 0 Å². The van der Waals surface area contributed by atoms with Crippen LogP contribution in [0.15, 0.2) is 24.3 Å². The van der Waals surface area contributed by atoms with Crippen LogP contribution in [0.25, 0.3) is 0 Å². The van der Waals surface area contributed by atoms with Gasteiger partial charge in [-0.15, -0.1) is 23.2 Å². The van der Waals surface area contributed by atoms with Crippen molar-refractivity contribution in [1.29, 1.82) is 0 Å². The molecule has 0 amide bonds. The van der Waals surface area contributed by atoms with Gasteiger partial charge in [-0.25, -0.2) is 0 Å². The lowest BCUT2D eigenvalue weighted by molar-refractivity contribution is 0.262. The fourth-order valence-electron chi connectivity index (χ4n) is 1.38. The molecule has 0 spiro atoms. The molecule has 1 aromatic rings. The average Bonchev–Trinajstić information content (AvgIpc) is 2.37. The van der Waals surface area contributed by atoms with Gasteiger partial charge < -0.3 is 9.47 Å². The van der Waals surface area contributed by atoms with Crippen LogP contribution in [-0.2, 0) is 0 Å². The lowest BCUT2D eigenvalue weighted by atomic mass is 10.1. The summed E-state index contributed by atoms with van der Waals surface area (Å²) >= 11 is 11.5. The monoisotopic (exact) mass is 276 g/mol. The summed E-state index contributed by atoms with van der Waals surface area (Å²) in [5.74, 6) is 3.00. The van der Waals surface area contributed by atoms with Gasteiger partial charge in [-0.1, -0.05) is 12.1 Å². The van der Waals surface area contributed by atoms with E-state index < -0.39 is 0 Å². The van der Waals surface area contributed by atoms with E-state index in [9.17, 15) is 0 Å². The number of hydrogen-bond donors (Lipinski definition) is 0. The Balaban J connectivity index is 2.45. The van der Waals surface area contributed by atoms with E-state index in [4.69, 9.17) is 32.7 Å². The molecule has 0 atom stereocenters. The topological polar surface area (TPSA) is 18.5 Å². The molecule has 0 heterocycles. The molecule has 0 aromatic heterocycles. The first-order valence-electron chi connectivity index (χ1n) is 5.78. The van der Waals surface area contributed by atoms with E-state index in [1.54, 1.807) is 0 Å². The van der Waals surface area contributed by atoms with Crippen molar-refractivity contribution >= 4 is 23.2 Å². The van der Waals surface area contributed by atoms with Crippen LogP contribution < -0.4 is 9.47 Å². The van der Waals surface area contributed by atoms with Crippen LogP contribution in [0.3, 0.4) is 0 Å². The van der Waals surface area contributed by atoms with Gasteiger partial charge in [-0.05, 0) is 31.4 Å². The third-order valence-electron chi connectivity index (χ3n) is 2.37. The van der Waals surface area contributed by atoms with Crippen molar-refractivity contribution in [3.63, 3.8) is 0 Å². The lowest BCUT2D eigenvalue weighted by Gasteiger charge is -2.13. The minimum absolute atomic E-state index is 0.303. The summed E-state index contributed by atoms with van der Waals surface area (Å²) in [5, 5.41) is 0. The van der Waals surface area contributed by atoms with E-state index in [2.05, 4.69) is 0 Å². The van der Waals surface area contributed by atoms with Crippen molar-refractivity contribution in [1.82, 2.24) is 0 Å². The largest absolute Gasteiger partial charge is 0.490 e. The second-order valence-corrected chi connectivity index (χ2v) is 4.31. The molecule has 0 fully saturated rings. The summed E-state index contributed by atoms with van der Waals surface area (Å²) in [6.45, 7) is 3.19. The highest BCUT2D eigenvalue weighted by Crippen LogP contribution is 2.26. The maximum absolute atomic E-state index is 5.77. The Morgan fingerprint density at radius 3 is 2.18 bits per heavy atom. The van der Waals surface area contributed by atoms with Crippen molar-refractivity contribution in [2.45, 2.75) is 13.3 Å². The molecule has 0 saturated carbocycles. The Morgan fingerprint density at radius 2 is 1.65 bits per heavy atom. The Labute approximate surface area is 113 Å². The molecule has 0 bridgehead atoms. The second-order valence-electron chi connectivity index (χ2n) is 3.69. The van der Waals surface area contributed by atoms with Crippen LogP contribution in [-0.4, -0.2) is 25.0 Å². The summed E-state index contributed by atoms with van der Waals surface area (Å²) in [6, 6.07) is 7.66. The number of alkyl halides is 2. The smallest absolute Gasteiger partial charge is 0.161 e. The minimum atomic E-state index is 0.303. The number of ether oxygens (including phenoxy) is 2. The van der Waals surface area contributed by atoms with Crippen LogP contribution in [0.1, 0.15) is 13.3 Å². The van der Waals surface area contributed by atoms with Crippen LogP contribution in [0.2, 0.25) is 0 Å². The molecule has 0 radical (unpaired) electrons. The summed E-state index contributed by atoms with van der Waals surface area (Å²) < 4.78 is 11.2. The molecular formula is C13H18Cl2O2. The molecule has 2 nitrogen and oxygen atoms in total. The molecule has 4 heteroatoms. The van der Waals surface area contributed by atoms with Gasteiger partial charge in [0.1, 0.15) is 0 Å². The van der Waals surface area contributed by atoms with Crippen molar-refractivity contribution in [2.24, 2.45) is 5.92 Å². The summed E-state index contributed by atoms with van der Waals surface area (Å²) in [7, 11) is 0. The number of para-hydroxylation sites is 2. The predicted octanol–water partition coefficient (Wildman–Crippen LogP) is 3.95. The fraction of sp³-hybridized carbons (Fsp3) is 0.538. The molecule has 17 heavy (non-hydrogen) atoms. The number of benzene rings is 1. The van der Waals surface area contributed by atoms with E-state index >= 15 is 0 Å². The molecular weight excluding hydrogens is 259 g/mol. The number of rotatable bonds is 8. The predicted molar refractivity (Wildman–Crippen MR) is 72.7 cm³/mol. The lowest BCUT2D eigenvalue weighted by Crippen LogP contribution is -2.10. The van der Waals surface area contributed by atoms with E-state index in [1.807, 2.05) is 31.2 Å². The molecule has 0 saturated heterocycles. The zero-order chi connectivity index (χ0) is 12.5. The second kappa shape index (κ2) is 8.48. The Morgan fingerprint density at radius 1 is 1.06 bits per heavy atom. The first-order valence-corrected chi connectivity index (χ1v) is 6.85. The van der Waals surface area contributed by atoms with Crippen molar-refractivity contribution < 1.29 is 9.47 Å². The highest BCUT2D eigenvalue weighted by Gasteiger charge is 2.07. The van der Waals surface area contributed by atoms with Gasteiger partial charge in [-0.3, -0.25) is 0 Å². The van der Waals surface area contributed by atoms with Gasteiger partial charge in [0.15, 0.2) is 11.5 Å². The molecule has 0 N–H and O–H groups in total. The molecule has 0 aliphatic carbocycles. The van der Waals surface area contributed by atoms with Crippen molar-refractivity contribution in [2.75, 3.05) is 25.0 Å². The molecule has 0 unspecified atom stereocenters. The van der Waals surface area contributed by atoms with Crippen molar-refractivity contribution in [3.8, 4) is 11.5 Å². The zero-order valence-electron chi connectivity index (χ0n) is 9.99. The van der Waals surface area contributed by atoms with Gasteiger partial charge in [0.05, 0.1) is 13.2 Å². The number of halogens is 2. The van der Waals surface area contributed by atoms with Gasteiger partial charge in [-0.2, -0.15) is 0 Å². The molecule has 96 valence electrons.